The fourth-order valence-corrected chi connectivity index (χ4v) is 3.77. The molecule has 1 aromatic heterocycles. The second-order valence-electron chi connectivity index (χ2n) is 4.33. The Hall–Kier alpha value is -0.320. The van der Waals surface area contributed by atoms with E-state index < -0.39 is 0 Å². The van der Waals surface area contributed by atoms with Gasteiger partial charge in [-0.25, -0.2) is 4.39 Å². The van der Waals surface area contributed by atoms with E-state index in [-0.39, 0.29) is 11.9 Å². The molecule has 0 saturated heterocycles. The molecule has 0 spiro atoms. The summed E-state index contributed by atoms with van der Waals surface area (Å²) in [7, 11) is 0. The van der Waals surface area contributed by atoms with Gasteiger partial charge in [-0.2, -0.15) is 0 Å². The van der Waals surface area contributed by atoms with E-state index in [0.29, 0.717) is 13.7 Å². The molecule has 20 heavy (non-hydrogen) atoms. The highest BCUT2D eigenvalue weighted by Crippen LogP contribution is 2.39. The fraction of sp³-hybridized carbons (Fsp3) is 0.286. The van der Waals surface area contributed by atoms with E-state index in [1.54, 1.807) is 6.07 Å². The van der Waals surface area contributed by atoms with Gasteiger partial charge in [0, 0.05) is 10.6 Å². The molecule has 0 fully saturated rings. The molecule has 1 atom stereocenters. The monoisotopic (exact) mass is 351 g/mol. The maximum atomic E-state index is 13.2. The Bertz CT molecular complexity index is 600. The summed E-state index contributed by atoms with van der Waals surface area (Å²) in [4.78, 5) is 0. The van der Waals surface area contributed by atoms with Crippen LogP contribution in [0.15, 0.2) is 24.3 Å². The first-order valence-electron chi connectivity index (χ1n) is 6.16. The van der Waals surface area contributed by atoms with Crippen LogP contribution in [0, 0.1) is 5.82 Å². The standard InChI is InChI=1S/C14H13Cl3FNS/c1-2-5-19-13(10-7-12(16)20-14(10)17)9-4-3-8(18)6-11(9)15/h3-4,6-7,13,19H,2,5H2,1H3. The van der Waals surface area contributed by atoms with E-state index in [2.05, 4.69) is 12.2 Å². The SMILES string of the molecule is CCCNC(c1ccc(F)cc1Cl)c1cc(Cl)sc1Cl. The Kier molecular flexibility index (Phi) is 5.70. The Balaban J connectivity index is 2.44. The minimum Gasteiger partial charge on any atom is -0.306 e. The Morgan fingerprint density at radius 3 is 2.50 bits per heavy atom. The van der Waals surface area contributed by atoms with E-state index in [9.17, 15) is 4.39 Å². The first-order chi connectivity index (χ1) is 9.52. The normalized spacial score (nSPS) is 12.7. The summed E-state index contributed by atoms with van der Waals surface area (Å²) in [6, 6.07) is 6.00. The van der Waals surface area contributed by atoms with Gasteiger partial charge < -0.3 is 5.32 Å². The van der Waals surface area contributed by atoms with Crippen molar-refractivity contribution in [3.8, 4) is 0 Å². The van der Waals surface area contributed by atoms with Crippen molar-refractivity contribution in [3.63, 3.8) is 0 Å². The second kappa shape index (κ2) is 7.10. The van der Waals surface area contributed by atoms with E-state index in [0.717, 1.165) is 24.1 Å². The number of hydrogen-bond donors (Lipinski definition) is 1. The molecule has 6 heteroatoms. The molecule has 1 N–H and O–H groups in total. The molecule has 1 unspecified atom stereocenters. The highest BCUT2D eigenvalue weighted by Gasteiger charge is 2.21. The van der Waals surface area contributed by atoms with Crippen molar-refractivity contribution in [2.45, 2.75) is 19.4 Å². The fourth-order valence-electron chi connectivity index (χ4n) is 1.96. The van der Waals surface area contributed by atoms with Crippen LogP contribution in [0.2, 0.25) is 13.7 Å². The van der Waals surface area contributed by atoms with Crippen LogP contribution < -0.4 is 5.32 Å². The molecule has 0 radical (unpaired) electrons. The van der Waals surface area contributed by atoms with Crippen LogP contribution in [0.1, 0.15) is 30.5 Å². The largest absolute Gasteiger partial charge is 0.306 e. The van der Waals surface area contributed by atoms with E-state index in [1.807, 2.05) is 6.07 Å². The van der Waals surface area contributed by atoms with Crippen molar-refractivity contribution in [3.05, 3.63) is 54.9 Å². The number of thiophene rings is 1. The number of hydrogen-bond acceptors (Lipinski definition) is 2. The number of halogens is 4. The highest BCUT2D eigenvalue weighted by molar-refractivity contribution is 7.20. The summed E-state index contributed by atoms with van der Waals surface area (Å²) in [5.74, 6) is -0.359. The first-order valence-corrected chi connectivity index (χ1v) is 8.11. The Morgan fingerprint density at radius 2 is 1.95 bits per heavy atom. The Morgan fingerprint density at radius 1 is 1.20 bits per heavy atom. The van der Waals surface area contributed by atoms with Crippen molar-refractivity contribution >= 4 is 46.1 Å². The zero-order chi connectivity index (χ0) is 14.7. The second-order valence-corrected chi connectivity index (χ2v) is 7.03. The van der Waals surface area contributed by atoms with Crippen LogP contribution >= 0.6 is 46.1 Å². The molecule has 2 aromatic rings. The smallest absolute Gasteiger partial charge is 0.124 e. The van der Waals surface area contributed by atoms with Crippen LogP contribution in [0.5, 0.6) is 0 Å². The Labute approximate surface area is 136 Å². The van der Waals surface area contributed by atoms with Crippen molar-refractivity contribution < 1.29 is 4.39 Å². The number of nitrogens with one attached hydrogen (secondary N) is 1. The van der Waals surface area contributed by atoms with E-state index >= 15 is 0 Å². The summed E-state index contributed by atoms with van der Waals surface area (Å²) < 4.78 is 14.4. The van der Waals surface area contributed by atoms with Gasteiger partial charge >= 0.3 is 0 Å². The van der Waals surface area contributed by atoms with Gasteiger partial charge in [-0.05, 0) is 36.7 Å². The lowest BCUT2D eigenvalue weighted by Crippen LogP contribution is -2.23. The van der Waals surface area contributed by atoms with Gasteiger partial charge in [0.15, 0.2) is 0 Å². The third kappa shape index (κ3) is 3.66. The molecule has 0 bridgehead atoms. The predicted molar refractivity (Wildman–Crippen MR) is 85.9 cm³/mol. The maximum Gasteiger partial charge on any atom is 0.124 e. The average molecular weight is 353 g/mol. The van der Waals surface area contributed by atoms with Gasteiger partial charge in [0.25, 0.3) is 0 Å². The summed E-state index contributed by atoms with van der Waals surface area (Å²) in [6.45, 7) is 2.86. The van der Waals surface area contributed by atoms with Crippen LogP contribution in [-0.2, 0) is 0 Å². The summed E-state index contributed by atoms with van der Waals surface area (Å²) >= 11 is 19.7. The number of benzene rings is 1. The topological polar surface area (TPSA) is 12.0 Å². The predicted octanol–water partition coefficient (Wildman–Crippen LogP) is 5.94. The van der Waals surface area contributed by atoms with Gasteiger partial charge in [0.05, 0.1) is 14.7 Å². The highest BCUT2D eigenvalue weighted by atomic mass is 35.5. The van der Waals surface area contributed by atoms with Gasteiger partial charge in [-0.15, -0.1) is 11.3 Å². The quantitative estimate of drug-likeness (QED) is 0.702. The van der Waals surface area contributed by atoms with Crippen LogP contribution in [-0.4, -0.2) is 6.54 Å². The molecular weight excluding hydrogens is 340 g/mol. The lowest BCUT2D eigenvalue weighted by molar-refractivity contribution is 0.594. The molecular formula is C14H13Cl3FNS. The molecule has 0 aliphatic carbocycles. The van der Waals surface area contributed by atoms with Crippen LogP contribution in [0.25, 0.3) is 0 Å². The molecule has 0 amide bonds. The van der Waals surface area contributed by atoms with Crippen molar-refractivity contribution in [1.29, 1.82) is 0 Å². The lowest BCUT2D eigenvalue weighted by Gasteiger charge is -2.20. The molecule has 1 nitrogen and oxygen atoms in total. The molecule has 0 aliphatic heterocycles. The zero-order valence-electron chi connectivity index (χ0n) is 10.7. The van der Waals surface area contributed by atoms with Crippen molar-refractivity contribution in [1.82, 2.24) is 5.32 Å². The summed E-state index contributed by atoms with van der Waals surface area (Å²) in [6.07, 6.45) is 0.963. The third-order valence-corrected chi connectivity index (χ3v) is 4.71. The van der Waals surface area contributed by atoms with Gasteiger partial charge in [0.1, 0.15) is 5.82 Å². The zero-order valence-corrected chi connectivity index (χ0v) is 13.8. The lowest BCUT2D eigenvalue weighted by atomic mass is 10.0. The molecule has 0 aliphatic rings. The maximum absolute atomic E-state index is 13.2. The summed E-state index contributed by atoms with van der Waals surface area (Å²) in [5.41, 5.74) is 1.65. The van der Waals surface area contributed by atoms with E-state index in [1.165, 1.54) is 23.5 Å². The van der Waals surface area contributed by atoms with Crippen molar-refractivity contribution in [2.24, 2.45) is 0 Å². The number of rotatable bonds is 5. The van der Waals surface area contributed by atoms with Crippen LogP contribution in [0.4, 0.5) is 4.39 Å². The molecule has 1 aromatic carbocycles. The van der Waals surface area contributed by atoms with E-state index in [4.69, 9.17) is 34.8 Å². The summed E-state index contributed by atoms with van der Waals surface area (Å²) in [5, 5.41) is 3.75. The molecule has 2 rings (SSSR count). The third-order valence-electron chi connectivity index (χ3n) is 2.87. The molecule has 1 heterocycles. The van der Waals surface area contributed by atoms with Gasteiger partial charge in [-0.3, -0.25) is 0 Å². The van der Waals surface area contributed by atoms with Crippen LogP contribution in [0.3, 0.4) is 0 Å². The minimum atomic E-state index is -0.359. The molecule has 108 valence electrons. The average Bonchev–Trinajstić information content (AvgIpc) is 2.71. The van der Waals surface area contributed by atoms with Gasteiger partial charge in [0.2, 0.25) is 0 Å². The molecule has 0 saturated carbocycles. The minimum absolute atomic E-state index is 0.195. The van der Waals surface area contributed by atoms with Crippen molar-refractivity contribution in [2.75, 3.05) is 6.54 Å². The first kappa shape index (κ1) is 16.1. The van der Waals surface area contributed by atoms with Gasteiger partial charge in [-0.1, -0.05) is 47.8 Å².